The lowest BCUT2D eigenvalue weighted by molar-refractivity contribution is -0.355. The zero-order valence-corrected chi connectivity index (χ0v) is 14.4. The molecule has 2 aliphatic heterocycles. The summed E-state index contributed by atoms with van der Waals surface area (Å²) in [5.74, 6) is 0. The molecule has 0 radical (unpaired) electrons. The molecule has 2 fully saturated rings. The van der Waals surface area contributed by atoms with Gasteiger partial charge in [-0.3, -0.25) is 4.55 Å². The first-order valence-electron chi connectivity index (χ1n) is 7.73. The Hall–Kier alpha value is -0.530. The second-order valence-electron chi connectivity index (χ2n) is 6.06. The molecule has 2 aliphatic rings. The Morgan fingerprint density at radius 3 is 2.00 bits per heavy atom. The van der Waals surface area contributed by atoms with Gasteiger partial charge in [-0.1, -0.05) is 0 Å². The van der Waals surface area contributed by atoms with Gasteiger partial charge in [0, 0.05) is 0 Å². The molecule has 0 aromatic heterocycles. The molecular formula is C12H22O14S. The van der Waals surface area contributed by atoms with Gasteiger partial charge in [0.15, 0.2) is 12.6 Å². The van der Waals surface area contributed by atoms with Crippen molar-refractivity contribution in [2.24, 2.45) is 0 Å². The Kier molecular flexibility index (Phi) is 7.47. The normalized spacial score (nSPS) is 46.4. The quantitative estimate of drug-likeness (QED) is 0.186. The third-order valence-corrected chi connectivity index (χ3v) is 4.62. The number of aliphatic hydroxyl groups is 7. The lowest BCUT2D eigenvalue weighted by Crippen LogP contribution is -2.64. The van der Waals surface area contributed by atoms with Crippen LogP contribution in [0.2, 0.25) is 0 Å². The largest absolute Gasteiger partial charge is 0.397 e. The second kappa shape index (κ2) is 8.87. The van der Waals surface area contributed by atoms with E-state index in [1.165, 1.54) is 0 Å². The molecule has 2 heterocycles. The maximum absolute atomic E-state index is 10.6. The minimum Gasteiger partial charge on any atom is -0.394 e. The van der Waals surface area contributed by atoms with E-state index in [4.69, 9.17) is 23.9 Å². The van der Waals surface area contributed by atoms with Gasteiger partial charge in [0.2, 0.25) is 0 Å². The van der Waals surface area contributed by atoms with Gasteiger partial charge < -0.3 is 50.0 Å². The van der Waals surface area contributed by atoms with Crippen molar-refractivity contribution in [1.82, 2.24) is 0 Å². The van der Waals surface area contributed by atoms with Crippen molar-refractivity contribution in [1.29, 1.82) is 0 Å². The molecular weight excluding hydrogens is 400 g/mol. The topological polar surface area (TPSA) is 233 Å². The monoisotopic (exact) mass is 422 g/mol. The molecule has 160 valence electrons. The van der Waals surface area contributed by atoms with Crippen LogP contribution in [0.1, 0.15) is 0 Å². The van der Waals surface area contributed by atoms with Gasteiger partial charge in [-0.05, 0) is 0 Å². The fraction of sp³-hybridized carbons (Fsp3) is 1.00. The smallest absolute Gasteiger partial charge is 0.394 e. The van der Waals surface area contributed by atoms with Crippen LogP contribution in [0, 0.1) is 0 Å². The van der Waals surface area contributed by atoms with Gasteiger partial charge in [-0.2, -0.15) is 8.42 Å². The molecule has 0 unspecified atom stereocenters. The Morgan fingerprint density at radius 2 is 1.44 bits per heavy atom. The van der Waals surface area contributed by atoms with Crippen LogP contribution < -0.4 is 0 Å². The van der Waals surface area contributed by atoms with Gasteiger partial charge in [0.25, 0.3) is 0 Å². The molecule has 0 aromatic carbocycles. The third-order valence-electron chi connectivity index (χ3n) is 4.18. The van der Waals surface area contributed by atoms with E-state index in [-0.39, 0.29) is 0 Å². The molecule has 14 nitrogen and oxygen atoms in total. The van der Waals surface area contributed by atoms with Crippen molar-refractivity contribution in [3.05, 3.63) is 0 Å². The number of aliphatic hydroxyl groups excluding tert-OH is 7. The maximum atomic E-state index is 10.6. The molecule has 0 bridgehead atoms. The van der Waals surface area contributed by atoms with E-state index in [1.54, 1.807) is 0 Å². The Morgan fingerprint density at radius 1 is 0.815 bits per heavy atom. The van der Waals surface area contributed by atoms with Gasteiger partial charge in [-0.25, -0.2) is 4.18 Å². The van der Waals surface area contributed by atoms with Crippen molar-refractivity contribution in [2.45, 2.75) is 61.4 Å². The Balaban J connectivity index is 2.12. The summed E-state index contributed by atoms with van der Waals surface area (Å²) in [5.41, 5.74) is 0. The van der Waals surface area contributed by atoms with E-state index in [9.17, 15) is 39.1 Å². The standard InChI is InChI=1S/C12H22O14S/c13-1-3-6(15)10(9(18)11(19)24-3)26-12-8(17)7(16)5(14)4(25-12)2-23-27(20,21)22/h3-19H,1-2H2,(H,20,21,22)/t3-,4-,5+,6+,7+,8-,9-,10+,11-,12+/m1/s1. The molecule has 0 saturated carbocycles. The predicted molar refractivity (Wildman–Crippen MR) is 79.0 cm³/mol. The number of ether oxygens (including phenoxy) is 3. The second-order valence-corrected chi connectivity index (χ2v) is 7.15. The highest BCUT2D eigenvalue weighted by Gasteiger charge is 2.50. The zero-order valence-electron chi connectivity index (χ0n) is 13.6. The summed E-state index contributed by atoms with van der Waals surface area (Å²) < 4.78 is 48.9. The summed E-state index contributed by atoms with van der Waals surface area (Å²) >= 11 is 0. The molecule has 0 spiro atoms. The molecule has 8 N–H and O–H groups in total. The third kappa shape index (κ3) is 5.30. The highest BCUT2D eigenvalue weighted by Crippen LogP contribution is 2.28. The minimum absolute atomic E-state index is 0.745. The van der Waals surface area contributed by atoms with Crippen molar-refractivity contribution in [2.75, 3.05) is 13.2 Å². The highest BCUT2D eigenvalue weighted by molar-refractivity contribution is 7.80. The van der Waals surface area contributed by atoms with Crippen LogP contribution in [0.3, 0.4) is 0 Å². The van der Waals surface area contributed by atoms with Crippen LogP contribution in [0.25, 0.3) is 0 Å². The molecule has 0 aliphatic carbocycles. The minimum atomic E-state index is -4.89. The summed E-state index contributed by atoms with van der Waals surface area (Å²) in [6, 6.07) is 0. The molecule has 0 amide bonds. The first kappa shape index (κ1) is 22.8. The fourth-order valence-corrected chi connectivity index (χ4v) is 3.01. The van der Waals surface area contributed by atoms with Gasteiger partial charge in [0.1, 0.15) is 48.8 Å². The number of rotatable bonds is 6. The van der Waals surface area contributed by atoms with Crippen LogP contribution >= 0.6 is 0 Å². The number of hydrogen-bond donors (Lipinski definition) is 8. The summed E-state index contributed by atoms with van der Waals surface area (Å²) in [5, 5.41) is 68.3. The maximum Gasteiger partial charge on any atom is 0.397 e. The lowest BCUT2D eigenvalue weighted by atomic mass is 9.97. The van der Waals surface area contributed by atoms with E-state index in [2.05, 4.69) is 4.18 Å². The Labute approximate surface area is 153 Å². The SMILES string of the molecule is O=S(=O)(O)OC[C@H]1O[C@@H](O[C@@H]2[C@@H](O)[C@H](O)O[C@H](CO)[C@@H]2O)[C@H](O)[C@@H](O)[C@H]1O. The average Bonchev–Trinajstić information content (AvgIpc) is 2.59. The van der Waals surface area contributed by atoms with Crippen molar-refractivity contribution in [3.63, 3.8) is 0 Å². The van der Waals surface area contributed by atoms with Gasteiger partial charge >= 0.3 is 10.4 Å². The van der Waals surface area contributed by atoms with Crippen molar-refractivity contribution < 1.29 is 67.1 Å². The van der Waals surface area contributed by atoms with Crippen LogP contribution in [0.15, 0.2) is 0 Å². The fourth-order valence-electron chi connectivity index (χ4n) is 2.70. The highest BCUT2D eigenvalue weighted by atomic mass is 32.3. The predicted octanol–water partition coefficient (Wildman–Crippen LogP) is -5.57. The Bertz CT molecular complexity index is 585. The molecule has 2 saturated heterocycles. The summed E-state index contributed by atoms with van der Waals surface area (Å²) in [6.45, 7) is -1.70. The van der Waals surface area contributed by atoms with E-state index in [0.29, 0.717) is 0 Å². The average molecular weight is 422 g/mol. The van der Waals surface area contributed by atoms with E-state index >= 15 is 0 Å². The summed E-state index contributed by atoms with van der Waals surface area (Å²) in [7, 11) is -4.89. The summed E-state index contributed by atoms with van der Waals surface area (Å²) in [6.07, 6.45) is -17.4. The van der Waals surface area contributed by atoms with Crippen LogP contribution in [-0.2, 0) is 28.8 Å². The summed E-state index contributed by atoms with van der Waals surface area (Å²) in [4.78, 5) is 0. The molecule has 15 heteroatoms. The first-order chi connectivity index (χ1) is 12.5. The van der Waals surface area contributed by atoms with Crippen LogP contribution in [0.5, 0.6) is 0 Å². The molecule has 27 heavy (non-hydrogen) atoms. The van der Waals surface area contributed by atoms with Gasteiger partial charge in [-0.15, -0.1) is 0 Å². The zero-order chi connectivity index (χ0) is 20.5. The molecule has 2 rings (SSSR count). The lowest BCUT2D eigenvalue weighted by Gasteiger charge is -2.45. The van der Waals surface area contributed by atoms with Gasteiger partial charge in [0.05, 0.1) is 13.2 Å². The molecule has 10 atom stereocenters. The van der Waals surface area contributed by atoms with Crippen LogP contribution in [0.4, 0.5) is 0 Å². The number of hydrogen-bond acceptors (Lipinski definition) is 13. The van der Waals surface area contributed by atoms with Crippen molar-refractivity contribution >= 4 is 10.4 Å². The van der Waals surface area contributed by atoms with E-state index in [1.807, 2.05) is 0 Å². The van der Waals surface area contributed by atoms with Crippen LogP contribution in [-0.4, -0.2) is 123 Å². The van der Waals surface area contributed by atoms with Crippen molar-refractivity contribution in [3.8, 4) is 0 Å². The van der Waals surface area contributed by atoms with E-state index < -0.39 is 85.0 Å². The first-order valence-corrected chi connectivity index (χ1v) is 9.10. The van der Waals surface area contributed by atoms with E-state index in [0.717, 1.165) is 0 Å². The molecule has 0 aromatic rings.